The molecular weight excluding hydrogens is 274 g/mol. The normalized spacial score (nSPS) is 30.6. The molecule has 2 aliphatic rings. The standard InChI is InChI=1S/C16H22F2N2O/c1-10(11-2-6-15(7-3-11)21-16(17)18)20-13-4-5-14(20)9-12(19)8-13/h2-3,6-7,10,12-14,16H,4-5,8-9,19H2,1H3. The van der Waals surface area contributed by atoms with Gasteiger partial charge in [-0.2, -0.15) is 8.78 Å². The van der Waals surface area contributed by atoms with Crippen LogP contribution in [0.25, 0.3) is 0 Å². The van der Waals surface area contributed by atoms with E-state index in [4.69, 9.17) is 5.73 Å². The van der Waals surface area contributed by atoms with E-state index in [9.17, 15) is 8.78 Å². The lowest BCUT2D eigenvalue weighted by atomic mass is 9.94. The van der Waals surface area contributed by atoms with Crippen LogP contribution in [0.2, 0.25) is 0 Å². The Kier molecular flexibility index (Phi) is 4.13. The first kappa shape index (κ1) is 14.7. The Hall–Kier alpha value is -1.20. The molecule has 2 aliphatic heterocycles. The number of hydrogen-bond donors (Lipinski definition) is 1. The fraction of sp³-hybridized carbons (Fsp3) is 0.625. The minimum absolute atomic E-state index is 0.213. The van der Waals surface area contributed by atoms with Gasteiger partial charge >= 0.3 is 6.61 Å². The zero-order chi connectivity index (χ0) is 15.0. The lowest BCUT2D eigenvalue weighted by Gasteiger charge is -2.41. The van der Waals surface area contributed by atoms with Crippen LogP contribution in [0.15, 0.2) is 24.3 Å². The highest BCUT2D eigenvalue weighted by atomic mass is 19.3. The average Bonchev–Trinajstić information content (AvgIpc) is 2.70. The number of hydrogen-bond acceptors (Lipinski definition) is 3. The number of fused-ring (bicyclic) bond motifs is 2. The second kappa shape index (κ2) is 5.89. The zero-order valence-corrected chi connectivity index (χ0v) is 12.2. The van der Waals surface area contributed by atoms with Gasteiger partial charge in [0.05, 0.1) is 0 Å². The lowest BCUT2D eigenvalue weighted by Crippen LogP contribution is -2.48. The summed E-state index contributed by atoms with van der Waals surface area (Å²) >= 11 is 0. The van der Waals surface area contributed by atoms with Crippen molar-refractivity contribution in [2.45, 2.75) is 63.4 Å². The fourth-order valence-electron chi connectivity index (χ4n) is 3.99. The van der Waals surface area contributed by atoms with E-state index in [0.717, 1.165) is 18.4 Å². The van der Waals surface area contributed by atoms with E-state index in [1.165, 1.54) is 12.8 Å². The van der Waals surface area contributed by atoms with Gasteiger partial charge < -0.3 is 10.5 Å². The van der Waals surface area contributed by atoms with Crippen LogP contribution in [0.3, 0.4) is 0 Å². The molecule has 0 amide bonds. The maximum atomic E-state index is 12.2. The Morgan fingerprint density at radius 1 is 1.14 bits per heavy atom. The molecule has 1 aromatic rings. The molecule has 116 valence electrons. The summed E-state index contributed by atoms with van der Waals surface area (Å²) in [5.41, 5.74) is 7.25. The lowest BCUT2D eigenvalue weighted by molar-refractivity contribution is -0.0498. The van der Waals surface area contributed by atoms with E-state index in [2.05, 4.69) is 16.6 Å². The fourth-order valence-corrected chi connectivity index (χ4v) is 3.99. The molecule has 0 aliphatic carbocycles. The zero-order valence-electron chi connectivity index (χ0n) is 12.2. The minimum Gasteiger partial charge on any atom is -0.435 e. The molecule has 0 spiro atoms. The van der Waals surface area contributed by atoms with Crippen molar-refractivity contribution >= 4 is 0 Å². The molecule has 2 N–H and O–H groups in total. The Labute approximate surface area is 124 Å². The second-order valence-electron chi connectivity index (χ2n) is 6.19. The van der Waals surface area contributed by atoms with Gasteiger partial charge in [0.2, 0.25) is 0 Å². The molecule has 0 radical (unpaired) electrons. The summed E-state index contributed by atoms with van der Waals surface area (Å²) in [6, 6.07) is 8.75. The van der Waals surface area contributed by atoms with E-state index >= 15 is 0 Å². The summed E-state index contributed by atoms with van der Waals surface area (Å²) < 4.78 is 28.8. The molecule has 21 heavy (non-hydrogen) atoms. The average molecular weight is 296 g/mol. The van der Waals surface area contributed by atoms with Crippen LogP contribution in [0, 0.1) is 0 Å². The van der Waals surface area contributed by atoms with Gasteiger partial charge in [0, 0.05) is 24.2 Å². The van der Waals surface area contributed by atoms with Gasteiger partial charge in [0.1, 0.15) is 5.75 Å². The summed E-state index contributed by atoms with van der Waals surface area (Å²) in [6.45, 7) is -0.585. The van der Waals surface area contributed by atoms with E-state index in [0.29, 0.717) is 18.1 Å². The highest BCUT2D eigenvalue weighted by Crippen LogP contribution is 2.41. The van der Waals surface area contributed by atoms with Crippen molar-refractivity contribution in [2.24, 2.45) is 5.73 Å². The van der Waals surface area contributed by atoms with Gasteiger partial charge in [-0.3, -0.25) is 4.90 Å². The predicted molar refractivity (Wildman–Crippen MR) is 77.3 cm³/mol. The summed E-state index contributed by atoms with van der Waals surface area (Å²) in [6.07, 6.45) is 4.56. The van der Waals surface area contributed by atoms with Crippen molar-refractivity contribution in [3.63, 3.8) is 0 Å². The summed E-state index contributed by atoms with van der Waals surface area (Å²) in [7, 11) is 0. The van der Waals surface area contributed by atoms with Crippen LogP contribution in [-0.2, 0) is 0 Å². The quantitative estimate of drug-likeness (QED) is 0.926. The first-order valence-corrected chi connectivity index (χ1v) is 7.62. The van der Waals surface area contributed by atoms with Crippen molar-refractivity contribution in [3.05, 3.63) is 29.8 Å². The SMILES string of the molecule is CC(c1ccc(OC(F)F)cc1)N1C2CCC1CC(N)C2. The summed E-state index contributed by atoms with van der Waals surface area (Å²) in [5.74, 6) is 0.213. The van der Waals surface area contributed by atoms with Gasteiger partial charge in [0.25, 0.3) is 0 Å². The molecule has 0 aromatic heterocycles. The van der Waals surface area contributed by atoms with Crippen LogP contribution in [0.4, 0.5) is 8.78 Å². The number of benzene rings is 1. The van der Waals surface area contributed by atoms with Crippen LogP contribution in [0.5, 0.6) is 5.75 Å². The number of halogens is 2. The third-order valence-corrected chi connectivity index (χ3v) is 4.86. The van der Waals surface area contributed by atoms with E-state index in [1.807, 2.05) is 12.1 Å². The van der Waals surface area contributed by atoms with E-state index < -0.39 is 6.61 Å². The first-order chi connectivity index (χ1) is 10.0. The number of alkyl halides is 2. The number of nitrogens with zero attached hydrogens (tertiary/aromatic N) is 1. The molecule has 3 rings (SSSR count). The highest BCUT2D eigenvalue weighted by molar-refractivity contribution is 5.29. The Balaban J connectivity index is 1.72. The number of rotatable bonds is 4. The summed E-state index contributed by atoms with van der Waals surface area (Å²) in [5, 5.41) is 0. The molecule has 2 bridgehead atoms. The Bertz CT molecular complexity index is 466. The van der Waals surface area contributed by atoms with Gasteiger partial charge in [0.15, 0.2) is 0 Å². The molecule has 1 aromatic carbocycles. The molecule has 2 heterocycles. The Morgan fingerprint density at radius 3 is 2.24 bits per heavy atom. The third-order valence-electron chi connectivity index (χ3n) is 4.86. The second-order valence-corrected chi connectivity index (χ2v) is 6.19. The smallest absolute Gasteiger partial charge is 0.387 e. The Morgan fingerprint density at radius 2 is 1.71 bits per heavy atom. The van der Waals surface area contributed by atoms with E-state index in [1.54, 1.807) is 12.1 Å². The number of ether oxygens (including phenoxy) is 1. The van der Waals surface area contributed by atoms with Crippen molar-refractivity contribution in [3.8, 4) is 5.75 Å². The molecule has 0 saturated carbocycles. The van der Waals surface area contributed by atoms with Gasteiger partial charge in [-0.15, -0.1) is 0 Å². The molecule has 2 fully saturated rings. The molecule has 3 atom stereocenters. The molecule has 5 heteroatoms. The maximum absolute atomic E-state index is 12.2. The van der Waals surface area contributed by atoms with Crippen LogP contribution >= 0.6 is 0 Å². The van der Waals surface area contributed by atoms with Crippen molar-refractivity contribution in [2.75, 3.05) is 0 Å². The van der Waals surface area contributed by atoms with Crippen molar-refractivity contribution < 1.29 is 13.5 Å². The minimum atomic E-state index is -2.77. The van der Waals surface area contributed by atoms with Gasteiger partial charge in [-0.1, -0.05) is 12.1 Å². The molecule has 2 saturated heterocycles. The van der Waals surface area contributed by atoms with Crippen molar-refractivity contribution in [1.82, 2.24) is 4.90 Å². The van der Waals surface area contributed by atoms with Crippen molar-refractivity contribution in [1.29, 1.82) is 0 Å². The number of nitrogens with two attached hydrogens (primary N) is 1. The molecule has 3 nitrogen and oxygen atoms in total. The topological polar surface area (TPSA) is 38.5 Å². The van der Waals surface area contributed by atoms with Crippen LogP contribution in [-0.4, -0.2) is 29.6 Å². The largest absolute Gasteiger partial charge is 0.435 e. The molecule has 3 unspecified atom stereocenters. The first-order valence-electron chi connectivity index (χ1n) is 7.62. The predicted octanol–water partition coefficient (Wildman–Crippen LogP) is 3.30. The number of piperidine rings is 1. The van der Waals surface area contributed by atoms with Crippen LogP contribution < -0.4 is 10.5 Å². The monoisotopic (exact) mass is 296 g/mol. The third kappa shape index (κ3) is 3.04. The van der Waals surface area contributed by atoms with Crippen LogP contribution in [0.1, 0.15) is 44.2 Å². The van der Waals surface area contributed by atoms with E-state index in [-0.39, 0.29) is 11.8 Å². The summed E-state index contributed by atoms with van der Waals surface area (Å²) in [4.78, 5) is 2.56. The maximum Gasteiger partial charge on any atom is 0.387 e. The van der Waals surface area contributed by atoms with Gasteiger partial charge in [-0.05, 0) is 50.3 Å². The van der Waals surface area contributed by atoms with Gasteiger partial charge in [-0.25, -0.2) is 0 Å². The molecular formula is C16H22F2N2O. The highest BCUT2D eigenvalue weighted by Gasteiger charge is 2.41.